The number of ether oxygens (including phenoxy) is 1. The minimum atomic E-state index is -1.66. The minimum Gasteiger partial charge on any atom is -0.479 e. The normalized spacial score (nSPS) is 12.1. The number of hydrogen-bond acceptors (Lipinski definition) is 4. The molecule has 0 bridgehead atoms. The first-order chi connectivity index (χ1) is 11.1. The van der Waals surface area contributed by atoms with E-state index in [1.54, 1.807) is 0 Å². The molecule has 0 heterocycles. The summed E-state index contributed by atoms with van der Waals surface area (Å²) in [5.41, 5.74) is 0. The van der Waals surface area contributed by atoms with Crippen molar-refractivity contribution in [3.63, 3.8) is 0 Å². The molecular formula is C18H34O5. The summed E-state index contributed by atoms with van der Waals surface area (Å²) >= 11 is 0. The van der Waals surface area contributed by atoms with E-state index >= 15 is 0 Å². The monoisotopic (exact) mass is 330 g/mol. The fraction of sp³-hybridized carbons (Fsp3) is 0.889. The molecule has 0 spiro atoms. The summed E-state index contributed by atoms with van der Waals surface area (Å²) in [4.78, 5) is 21.6. The van der Waals surface area contributed by atoms with Gasteiger partial charge in [0.05, 0.1) is 13.0 Å². The molecule has 0 aromatic carbocycles. The SMILES string of the molecule is CCCCCCCCCCCCCCOC(=O)CC(O)C(=O)O. The predicted octanol–water partition coefficient (Wildman–Crippen LogP) is 4.07. The first-order valence-corrected chi connectivity index (χ1v) is 9.14. The van der Waals surface area contributed by atoms with E-state index in [2.05, 4.69) is 6.92 Å². The largest absolute Gasteiger partial charge is 0.479 e. The van der Waals surface area contributed by atoms with Gasteiger partial charge in [0.1, 0.15) is 0 Å². The highest BCUT2D eigenvalue weighted by Crippen LogP contribution is 2.12. The molecule has 5 nitrogen and oxygen atoms in total. The van der Waals surface area contributed by atoms with Gasteiger partial charge in [-0.15, -0.1) is 0 Å². The van der Waals surface area contributed by atoms with E-state index in [-0.39, 0.29) is 0 Å². The third kappa shape index (κ3) is 15.6. The smallest absolute Gasteiger partial charge is 0.333 e. The van der Waals surface area contributed by atoms with Gasteiger partial charge >= 0.3 is 11.9 Å². The van der Waals surface area contributed by atoms with Crippen molar-refractivity contribution >= 4 is 11.9 Å². The Morgan fingerprint density at radius 2 is 1.26 bits per heavy atom. The van der Waals surface area contributed by atoms with Crippen LogP contribution in [-0.4, -0.2) is 34.9 Å². The van der Waals surface area contributed by atoms with Crippen LogP contribution in [-0.2, 0) is 14.3 Å². The number of unbranched alkanes of at least 4 members (excludes halogenated alkanes) is 11. The van der Waals surface area contributed by atoms with Crippen molar-refractivity contribution < 1.29 is 24.5 Å². The van der Waals surface area contributed by atoms with Crippen LogP contribution in [0.1, 0.15) is 90.4 Å². The van der Waals surface area contributed by atoms with Crippen LogP contribution < -0.4 is 0 Å². The highest BCUT2D eigenvalue weighted by atomic mass is 16.5. The molecule has 0 amide bonds. The molecule has 0 aromatic rings. The zero-order valence-corrected chi connectivity index (χ0v) is 14.6. The van der Waals surface area contributed by atoms with Gasteiger partial charge in [0.25, 0.3) is 0 Å². The number of esters is 1. The Kier molecular flexibility index (Phi) is 15.0. The lowest BCUT2D eigenvalue weighted by Crippen LogP contribution is -2.24. The topological polar surface area (TPSA) is 83.8 Å². The lowest BCUT2D eigenvalue weighted by Gasteiger charge is -2.07. The molecule has 0 fully saturated rings. The second-order valence-electron chi connectivity index (χ2n) is 6.17. The van der Waals surface area contributed by atoms with Gasteiger partial charge in [-0.1, -0.05) is 77.6 Å². The van der Waals surface area contributed by atoms with Gasteiger partial charge in [-0.3, -0.25) is 4.79 Å². The summed E-state index contributed by atoms with van der Waals surface area (Å²) in [6.45, 7) is 2.54. The average Bonchev–Trinajstić information content (AvgIpc) is 2.51. The van der Waals surface area contributed by atoms with E-state index in [0.29, 0.717) is 6.61 Å². The Balaban J connectivity index is 3.21. The summed E-state index contributed by atoms with van der Waals surface area (Å²) < 4.78 is 4.89. The molecule has 0 aliphatic rings. The third-order valence-electron chi connectivity index (χ3n) is 3.91. The van der Waals surface area contributed by atoms with Crippen LogP contribution in [0.2, 0.25) is 0 Å². The molecule has 0 rings (SSSR count). The predicted molar refractivity (Wildman–Crippen MR) is 90.3 cm³/mol. The second kappa shape index (κ2) is 15.8. The lowest BCUT2D eigenvalue weighted by atomic mass is 10.1. The van der Waals surface area contributed by atoms with Crippen molar-refractivity contribution in [2.45, 2.75) is 96.5 Å². The molecule has 136 valence electrons. The highest BCUT2D eigenvalue weighted by Gasteiger charge is 2.18. The molecule has 5 heteroatoms. The summed E-state index contributed by atoms with van der Waals surface area (Å²) in [7, 11) is 0. The van der Waals surface area contributed by atoms with Crippen molar-refractivity contribution in [3.05, 3.63) is 0 Å². The van der Waals surface area contributed by atoms with Gasteiger partial charge < -0.3 is 14.9 Å². The van der Waals surface area contributed by atoms with E-state index in [1.807, 2.05) is 0 Å². The molecule has 1 unspecified atom stereocenters. The maximum atomic E-state index is 11.2. The molecule has 0 aliphatic heterocycles. The number of hydrogen-bond donors (Lipinski definition) is 2. The van der Waals surface area contributed by atoms with Crippen molar-refractivity contribution in [1.82, 2.24) is 0 Å². The Bertz CT molecular complexity index is 304. The molecule has 0 aliphatic carbocycles. The van der Waals surface area contributed by atoms with Crippen LogP contribution in [0.5, 0.6) is 0 Å². The number of aliphatic carboxylic acids is 1. The molecule has 0 saturated heterocycles. The lowest BCUT2D eigenvalue weighted by molar-refractivity contribution is -0.155. The molecular weight excluding hydrogens is 296 g/mol. The molecule has 0 aromatic heterocycles. The van der Waals surface area contributed by atoms with Gasteiger partial charge in [0.2, 0.25) is 0 Å². The van der Waals surface area contributed by atoms with Crippen LogP contribution in [0.15, 0.2) is 0 Å². The van der Waals surface area contributed by atoms with Crippen molar-refractivity contribution in [3.8, 4) is 0 Å². The Morgan fingerprint density at radius 1 is 0.826 bits per heavy atom. The Hall–Kier alpha value is -1.10. The standard InChI is InChI=1S/C18H34O5/c1-2-3-4-5-6-7-8-9-10-11-12-13-14-23-17(20)15-16(19)18(21)22/h16,19H,2-15H2,1H3,(H,21,22). The first-order valence-electron chi connectivity index (χ1n) is 9.14. The maximum Gasteiger partial charge on any atom is 0.333 e. The first kappa shape index (κ1) is 21.9. The van der Waals surface area contributed by atoms with E-state index in [1.165, 1.54) is 57.8 Å². The fourth-order valence-corrected chi connectivity index (χ4v) is 2.43. The number of rotatable bonds is 16. The zero-order valence-electron chi connectivity index (χ0n) is 14.6. The number of carbonyl (C=O) groups is 2. The van der Waals surface area contributed by atoms with Crippen molar-refractivity contribution in [2.24, 2.45) is 0 Å². The second-order valence-corrected chi connectivity index (χ2v) is 6.17. The fourth-order valence-electron chi connectivity index (χ4n) is 2.43. The molecule has 2 N–H and O–H groups in total. The van der Waals surface area contributed by atoms with Gasteiger partial charge in [0, 0.05) is 0 Å². The molecule has 23 heavy (non-hydrogen) atoms. The highest BCUT2D eigenvalue weighted by molar-refractivity contribution is 5.80. The van der Waals surface area contributed by atoms with Crippen LogP contribution in [0.25, 0.3) is 0 Å². The van der Waals surface area contributed by atoms with Crippen LogP contribution in [0.4, 0.5) is 0 Å². The van der Waals surface area contributed by atoms with E-state index in [0.717, 1.165) is 19.3 Å². The third-order valence-corrected chi connectivity index (χ3v) is 3.91. The van der Waals surface area contributed by atoms with Gasteiger partial charge in [-0.05, 0) is 6.42 Å². The summed E-state index contributed by atoms with van der Waals surface area (Å²) in [6, 6.07) is 0. The van der Waals surface area contributed by atoms with Crippen LogP contribution in [0.3, 0.4) is 0 Å². The number of aliphatic hydroxyl groups is 1. The van der Waals surface area contributed by atoms with Crippen LogP contribution in [0, 0.1) is 0 Å². The zero-order chi connectivity index (χ0) is 17.3. The maximum absolute atomic E-state index is 11.2. The van der Waals surface area contributed by atoms with Gasteiger partial charge in [-0.2, -0.15) is 0 Å². The Labute approximate surface area is 140 Å². The van der Waals surface area contributed by atoms with E-state index < -0.39 is 24.5 Å². The molecule has 0 radical (unpaired) electrons. The number of aliphatic hydroxyl groups excluding tert-OH is 1. The number of carboxylic acid groups (broad SMARTS) is 1. The van der Waals surface area contributed by atoms with Crippen molar-refractivity contribution in [1.29, 1.82) is 0 Å². The van der Waals surface area contributed by atoms with Gasteiger partial charge in [-0.25, -0.2) is 4.79 Å². The van der Waals surface area contributed by atoms with Crippen molar-refractivity contribution in [2.75, 3.05) is 6.61 Å². The summed E-state index contributed by atoms with van der Waals surface area (Å²) in [5, 5.41) is 17.5. The number of carbonyl (C=O) groups excluding carboxylic acids is 1. The Morgan fingerprint density at radius 3 is 1.70 bits per heavy atom. The average molecular weight is 330 g/mol. The minimum absolute atomic E-state index is 0.308. The summed E-state index contributed by atoms with van der Waals surface area (Å²) in [6.07, 6.45) is 12.7. The van der Waals surface area contributed by atoms with E-state index in [4.69, 9.17) is 14.9 Å². The molecule has 1 atom stereocenters. The van der Waals surface area contributed by atoms with E-state index in [9.17, 15) is 9.59 Å². The van der Waals surface area contributed by atoms with Gasteiger partial charge in [0.15, 0.2) is 6.10 Å². The molecule has 0 saturated carbocycles. The van der Waals surface area contributed by atoms with Crippen LogP contribution >= 0.6 is 0 Å². The summed E-state index contributed by atoms with van der Waals surface area (Å²) in [5.74, 6) is -2.05. The quantitative estimate of drug-likeness (QED) is 0.329. The number of carboxylic acids is 1.